The zero-order valence-corrected chi connectivity index (χ0v) is 18.3. The molecule has 2 aromatic carbocycles. The van der Waals surface area contributed by atoms with E-state index in [1.54, 1.807) is 23.2 Å². The number of benzene rings is 2. The van der Waals surface area contributed by atoms with Crippen molar-refractivity contribution in [3.8, 4) is 11.3 Å². The summed E-state index contributed by atoms with van der Waals surface area (Å²) >= 11 is 0.853. The van der Waals surface area contributed by atoms with Gasteiger partial charge < -0.3 is 9.80 Å². The van der Waals surface area contributed by atoms with Gasteiger partial charge in [0.25, 0.3) is 0 Å². The Kier molecular flexibility index (Phi) is 5.35. The SMILES string of the molecule is C[C@H]1Cc2cc(F)c(SN)cc2N1C(=O)C1CN(c2ccc(-c3ncccc3F)cc2)C1. The van der Waals surface area contributed by atoms with Crippen LogP contribution in [0.25, 0.3) is 11.3 Å². The zero-order valence-electron chi connectivity index (χ0n) is 17.5. The molecular weight excluding hydrogens is 430 g/mol. The summed E-state index contributed by atoms with van der Waals surface area (Å²) in [6, 6.07) is 13.6. The first-order valence-corrected chi connectivity index (χ1v) is 11.3. The lowest BCUT2D eigenvalue weighted by Gasteiger charge is -2.42. The van der Waals surface area contributed by atoms with Gasteiger partial charge in [-0.2, -0.15) is 0 Å². The van der Waals surface area contributed by atoms with Crippen LogP contribution in [0.2, 0.25) is 0 Å². The fourth-order valence-corrected chi connectivity index (χ4v) is 4.87. The van der Waals surface area contributed by atoms with E-state index in [2.05, 4.69) is 9.88 Å². The van der Waals surface area contributed by atoms with Gasteiger partial charge >= 0.3 is 0 Å². The smallest absolute Gasteiger partial charge is 0.233 e. The second-order valence-corrected chi connectivity index (χ2v) is 8.95. The van der Waals surface area contributed by atoms with Crippen LogP contribution < -0.4 is 14.9 Å². The van der Waals surface area contributed by atoms with Crippen molar-refractivity contribution in [1.82, 2.24) is 4.98 Å². The first-order chi connectivity index (χ1) is 15.5. The lowest BCUT2D eigenvalue weighted by atomic mass is 9.96. The first kappa shape index (κ1) is 20.9. The van der Waals surface area contributed by atoms with Gasteiger partial charge in [-0.25, -0.2) is 8.78 Å². The largest absolute Gasteiger partial charge is 0.370 e. The number of nitrogens with zero attached hydrogens (tertiary/aromatic N) is 3. The predicted molar refractivity (Wildman–Crippen MR) is 122 cm³/mol. The zero-order chi connectivity index (χ0) is 22.4. The number of carbonyl (C=O) groups excluding carboxylic acids is 1. The van der Waals surface area contributed by atoms with Gasteiger partial charge in [0.2, 0.25) is 5.91 Å². The van der Waals surface area contributed by atoms with Crippen LogP contribution in [0, 0.1) is 17.6 Å². The first-order valence-electron chi connectivity index (χ1n) is 10.4. The molecule has 1 aromatic heterocycles. The van der Waals surface area contributed by atoms with E-state index in [0.29, 0.717) is 35.7 Å². The molecule has 1 atom stereocenters. The molecule has 8 heteroatoms. The number of nitrogens with two attached hydrogens (primary N) is 1. The summed E-state index contributed by atoms with van der Waals surface area (Å²) in [6.07, 6.45) is 2.20. The lowest BCUT2D eigenvalue weighted by molar-refractivity contribution is -0.123. The van der Waals surface area contributed by atoms with Crippen LogP contribution >= 0.6 is 11.9 Å². The summed E-state index contributed by atoms with van der Waals surface area (Å²) in [7, 11) is 0. The van der Waals surface area contributed by atoms with Gasteiger partial charge in [0.05, 0.1) is 10.8 Å². The summed E-state index contributed by atoms with van der Waals surface area (Å²) in [6.45, 7) is 3.19. The summed E-state index contributed by atoms with van der Waals surface area (Å²) < 4.78 is 28.1. The molecule has 1 saturated heterocycles. The quantitative estimate of drug-likeness (QED) is 0.595. The molecule has 1 amide bonds. The van der Waals surface area contributed by atoms with Crippen molar-refractivity contribution in [2.75, 3.05) is 22.9 Å². The van der Waals surface area contributed by atoms with Crippen molar-refractivity contribution in [3.63, 3.8) is 0 Å². The highest BCUT2D eigenvalue weighted by Gasteiger charge is 2.40. The average Bonchev–Trinajstić information content (AvgIpc) is 3.07. The Hall–Kier alpha value is -2.97. The Morgan fingerprint density at radius 1 is 1.12 bits per heavy atom. The summed E-state index contributed by atoms with van der Waals surface area (Å²) in [4.78, 5) is 21.6. The maximum absolute atomic E-state index is 14.1. The molecule has 0 radical (unpaired) electrons. The molecule has 0 aliphatic carbocycles. The third-order valence-electron chi connectivity index (χ3n) is 6.21. The molecule has 32 heavy (non-hydrogen) atoms. The Balaban J connectivity index is 1.28. The highest BCUT2D eigenvalue weighted by Crippen LogP contribution is 2.38. The van der Waals surface area contributed by atoms with Gasteiger partial charge in [-0.15, -0.1) is 0 Å². The van der Waals surface area contributed by atoms with Crippen molar-refractivity contribution < 1.29 is 13.6 Å². The van der Waals surface area contributed by atoms with Crippen molar-refractivity contribution >= 4 is 29.2 Å². The van der Waals surface area contributed by atoms with E-state index < -0.39 is 0 Å². The van der Waals surface area contributed by atoms with Crippen molar-refractivity contribution in [2.24, 2.45) is 11.1 Å². The van der Waals surface area contributed by atoms with Crippen LogP contribution in [0.15, 0.2) is 59.6 Å². The van der Waals surface area contributed by atoms with Crippen LogP contribution in [0.1, 0.15) is 12.5 Å². The number of amides is 1. The predicted octanol–water partition coefficient (Wildman–Crippen LogP) is 4.41. The maximum atomic E-state index is 14.1. The Morgan fingerprint density at radius 3 is 2.56 bits per heavy atom. The Labute approximate surface area is 189 Å². The second kappa shape index (κ2) is 8.18. The van der Waals surface area contributed by atoms with Crippen LogP contribution in [-0.4, -0.2) is 30.0 Å². The normalized spacial score (nSPS) is 17.9. The average molecular weight is 453 g/mol. The van der Waals surface area contributed by atoms with E-state index >= 15 is 0 Å². The fourth-order valence-electron chi connectivity index (χ4n) is 4.52. The number of carbonyl (C=O) groups is 1. The third-order valence-corrected chi connectivity index (χ3v) is 6.78. The lowest BCUT2D eigenvalue weighted by Crippen LogP contribution is -2.55. The van der Waals surface area contributed by atoms with Crippen molar-refractivity contribution in [1.29, 1.82) is 0 Å². The van der Waals surface area contributed by atoms with Gasteiger partial charge in [0.15, 0.2) is 0 Å². The van der Waals surface area contributed by atoms with Crippen LogP contribution in [-0.2, 0) is 11.2 Å². The molecule has 5 nitrogen and oxygen atoms in total. The Morgan fingerprint density at radius 2 is 1.88 bits per heavy atom. The van der Waals surface area contributed by atoms with E-state index in [0.717, 1.165) is 28.9 Å². The summed E-state index contributed by atoms with van der Waals surface area (Å²) in [5.41, 5.74) is 3.62. The molecule has 2 N–H and O–H groups in total. The molecule has 0 bridgehead atoms. The van der Waals surface area contributed by atoms with E-state index in [1.165, 1.54) is 12.1 Å². The number of halogens is 2. The molecule has 3 heterocycles. The minimum absolute atomic E-state index is 0.0171. The van der Waals surface area contributed by atoms with E-state index in [4.69, 9.17) is 5.14 Å². The topological polar surface area (TPSA) is 62.5 Å². The molecule has 5 rings (SSSR count). The highest BCUT2D eigenvalue weighted by atomic mass is 32.2. The van der Waals surface area contributed by atoms with Gasteiger partial charge in [0, 0.05) is 42.3 Å². The highest BCUT2D eigenvalue weighted by molar-refractivity contribution is 7.97. The Bertz CT molecular complexity index is 1180. The molecule has 1 fully saturated rings. The summed E-state index contributed by atoms with van der Waals surface area (Å²) in [5, 5.41) is 5.58. The minimum Gasteiger partial charge on any atom is -0.370 e. The minimum atomic E-state index is -0.356. The van der Waals surface area contributed by atoms with Crippen molar-refractivity contribution in [2.45, 2.75) is 24.3 Å². The van der Waals surface area contributed by atoms with Gasteiger partial charge in [0.1, 0.15) is 17.3 Å². The number of hydrogen-bond donors (Lipinski definition) is 1. The molecule has 3 aromatic rings. The van der Waals surface area contributed by atoms with E-state index in [9.17, 15) is 13.6 Å². The standard InChI is InChI=1S/C24H22F2N4OS/c1-14-9-16-10-20(26)22(32-27)11-21(16)30(14)24(31)17-12-29(13-17)18-6-4-15(5-7-18)23-19(25)3-2-8-28-23/h2-8,10-11,14,17H,9,12-13,27H2,1H3/t14-/m0/s1. The van der Waals surface area contributed by atoms with Gasteiger partial charge in [-0.3, -0.25) is 14.9 Å². The van der Waals surface area contributed by atoms with Gasteiger partial charge in [-0.05, 0) is 67.3 Å². The molecule has 0 unspecified atom stereocenters. The van der Waals surface area contributed by atoms with Crippen LogP contribution in [0.3, 0.4) is 0 Å². The molecule has 0 saturated carbocycles. The van der Waals surface area contributed by atoms with Crippen molar-refractivity contribution in [3.05, 3.63) is 71.9 Å². The number of aromatic nitrogens is 1. The number of rotatable bonds is 4. The number of hydrogen-bond acceptors (Lipinski definition) is 5. The summed E-state index contributed by atoms with van der Waals surface area (Å²) in [5.74, 6) is -0.776. The molecular formula is C24H22F2N4OS. The molecule has 164 valence electrons. The molecule has 2 aliphatic heterocycles. The van der Waals surface area contributed by atoms with E-state index in [1.807, 2.05) is 31.2 Å². The van der Waals surface area contributed by atoms with Crippen LogP contribution in [0.4, 0.5) is 20.2 Å². The maximum Gasteiger partial charge on any atom is 0.233 e. The number of fused-ring (bicyclic) bond motifs is 1. The molecule has 2 aliphatic rings. The second-order valence-electron chi connectivity index (χ2n) is 8.27. The molecule has 0 spiro atoms. The monoisotopic (exact) mass is 452 g/mol. The van der Waals surface area contributed by atoms with Gasteiger partial charge in [-0.1, -0.05) is 12.1 Å². The number of pyridine rings is 1. The van der Waals surface area contributed by atoms with Crippen LogP contribution in [0.5, 0.6) is 0 Å². The number of anilines is 2. The van der Waals surface area contributed by atoms with E-state index in [-0.39, 0.29) is 29.5 Å². The fraction of sp³-hybridized carbons (Fsp3) is 0.250. The third kappa shape index (κ3) is 3.53.